The highest BCUT2D eigenvalue weighted by molar-refractivity contribution is 9.10. The molecule has 1 nitrogen and oxygen atoms in total. The van der Waals surface area contributed by atoms with Crippen molar-refractivity contribution in [3.8, 4) is 55.6 Å². The molecule has 6 aromatic carbocycles. The molecule has 0 radical (unpaired) electrons. The average molecular weight is 588 g/mol. The number of rotatable bonds is 2. The van der Waals surface area contributed by atoms with E-state index in [1.807, 2.05) is 18.2 Å². The first-order valence-corrected chi connectivity index (χ1v) is 14.9. The second-order valence-electron chi connectivity index (χ2n) is 11.3. The summed E-state index contributed by atoms with van der Waals surface area (Å²) in [4.78, 5) is 13.5. The lowest BCUT2D eigenvalue weighted by molar-refractivity contribution is 0.104. The Morgan fingerprint density at radius 3 is 1.95 bits per heavy atom. The van der Waals surface area contributed by atoms with E-state index in [4.69, 9.17) is 0 Å². The molecule has 0 saturated heterocycles. The first-order chi connectivity index (χ1) is 20.1. The van der Waals surface area contributed by atoms with Crippen LogP contribution in [0.25, 0.3) is 55.6 Å². The molecule has 0 saturated carbocycles. The van der Waals surface area contributed by atoms with Crippen molar-refractivity contribution in [2.24, 2.45) is 0 Å². The molecule has 192 valence electrons. The van der Waals surface area contributed by atoms with Crippen LogP contribution >= 0.6 is 15.9 Å². The van der Waals surface area contributed by atoms with Crippen molar-refractivity contribution in [3.05, 3.63) is 153 Å². The summed E-state index contributed by atoms with van der Waals surface area (Å²) in [7, 11) is 0. The average Bonchev–Trinajstić information content (AvgIpc) is 3.65. The van der Waals surface area contributed by atoms with Crippen LogP contribution in [0.4, 0.5) is 0 Å². The van der Waals surface area contributed by atoms with Crippen molar-refractivity contribution >= 4 is 21.7 Å². The van der Waals surface area contributed by atoms with Gasteiger partial charge in [-0.15, -0.1) is 0 Å². The van der Waals surface area contributed by atoms with Crippen molar-refractivity contribution in [1.29, 1.82) is 0 Å². The van der Waals surface area contributed by atoms with Gasteiger partial charge in [0, 0.05) is 15.6 Å². The number of hydrogen-bond donors (Lipinski definition) is 0. The Hall–Kier alpha value is -4.53. The van der Waals surface area contributed by atoms with E-state index in [-0.39, 0.29) is 5.78 Å². The molecule has 0 amide bonds. The van der Waals surface area contributed by atoms with Crippen molar-refractivity contribution in [3.63, 3.8) is 0 Å². The van der Waals surface area contributed by atoms with Gasteiger partial charge in [-0.3, -0.25) is 4.79 Å². The zero-order valence-electron chi connectivity index (χ0n) is 22.2. The SMILES string of the molecule is O=C1c2ccccc2-c2ccc(-c3c(-c4ccc5c(c4)Cc4ccccc4-5)ccc4c3Cc3cc(Br)ccc3-4)cc21. The topological polar surface area (TPSA) is 17.1 Å². The van der Waals surface area contributed by atoms with Gasteiger partial charge in [0.05, 0.1) is 0 Å². The van der Waals surface area contributed by atoms with Gasteiger partial charge in [0.2, 0.25) is 0 Å². The van der Waals surface area contributed by atoms with E-state index in [1.165, 1.54) is 61.2 Å². The maximum absolute atomic E-state index is 13.5. The fourth-order valence-electron chi connectivity index (χ4n) is 7.31. The van der Waals surface area contributed by atoms with Crippen molar-refractivity contribution in [1.82, 2.24) is 0 Å². The molecule has 0 aliphatic heterocycles. The molecular formula is C39H23BrO. The van der Waals surface area contributed by atoms with Crippen LogP contribution in [0.3, 0.4) is 0 Å². The first kappa shape index (κ1) is 23.2. The molecule has 0 bridgehead atoms. The lowest BCUT2D eigenvalue weighted by Gasteiger charge is -2.17. The molecule has 9 rings (SSSR count). The molecule has 41 heavy (non-hydrogen) atoms. The van der Waals surface area contributed by atoms with Gasteiger partial charge in [0.1, 0.15) is 0 Å². The second-order valence-corrected chi connectivity index (χ2v) is 12.2. The number of fused-ring (bicyclic) bond motifs is 9. The summed E-state index contributed by atoms with van der Waals surface area (Å²) in [5.41, 5.74) is 19.2. The Kier molecular flexibility index (Phi) is 4.80. The molecular weight excluding hydrogens is 564 g/mol. The van der Waals surface area contributed by atoms with Gasteiger partial charge in [0.15, 0.2) is 5.78 Å². The predicted molar refractivity (Wildman–Crippen MR) is 170 cm³/mol. The van der Waals surface area contributed by atoms with E-state index >= 15 is 0 Å². The zero-order chi connectivity index (χ0) is 27.2. The lowest BCUT2D eigenvalue weighted by atomic mass is 9.86. The Morgan fingerprint density at radius 1 is 0.439 bits per heavy atom. The normalized spacial score (nSPS) is 13.3. The summed E-state index contributed by atoms with van der Waals surface area (Å²) in [5, 5.41) is 0. The number of benzene rings is 6. The molecule has 0 atom stereocenters. The highest BCUT2D eigenvalue weighted by Gasteiger charge is 2.29. The quantitative estimate of drug-likeness (QED) is 0.197. The Bertz CT molecular complexity index is 2130. The zero-order valence-corrected chi connectivity index (χ0v) is 23.8. The van der Waals surface area contributed by atoms with Crippen LogP contribution in [-0.2, 0) is 12.8 Å². The summed E-state index contributed by atoms with van der Waals surface area (Å²) >= 11 is 3.68. The van der Waals surface area contributed by atoms with Gasteiger partial charge >= 0.3 is 0 Å². The van der Waals surface area contributed by atoms with Crippen LogP contribution in [0, 0.1) is 0 Å². The van der Waals surface area contributed by atoms with Gasteiger partial charge in [-0.25, -0.2) is 0 Å². The summed E-state index contributed by atoms with van der Waals surface area (Å²) < 4.78 is 1.10. The third kappa shape index (κ3) is 3.32. The fraction of sp³-hybridized carbons (Fsp3) is 0.0513. The molecule has 0 N–H and O–H groups in total. The molecule has 6 aromatic rings. The molecule has 2 heteroatoms. The van der Waals surface area contributed by atoms with E-state index in [0.29, 0.717) is 0 Å². The standard InChI is InChI=1S/C39H23BrO/c40-27-11-14-30-26(19-27)21-36-33(30)16-15-31(23-9-12-29-25(18-23)17-22-5-1-2-6-28(22)29)38(36)24-10-13-34-32-7-3-4-8-35(32)39(41)37(34)20-24/h1-16,18-20H,17,21H2. The molecule has 0 fully saturated rings. The Labute approximate surface area is 247 Å². The molecule has 0 unspecified atom stereocenters. The Balaban J connectivity index is 1.26. The number of carbonyl (C=O) groups is 1. The highest BCUT2D eigenvalue weighted by Crippen LogP contribution is 2.49. The minimum absolute atomic E-state index is 0.120. The molecule has 0 aromatic heterocycles. The fourth-order valence-corrected chi connectivity index (χ4v) is 7.72. The van der Waals surface area contributed by atoms with E-state index in [2.05, 4.69) is 113 Å². The Morgan fingerprint density at radius 2 is 1.05 bits per heavy atom. The van der Waals surface area contributed by atoms with Gasteiger partial charge in [0.25, 0.3) is 0 Å². The number of halogens is 1. The monoisotopic (exact) mass is 586 g/mol. The third-order valence-corrected chi connectivity index (χ3v) is 9.65. The van der Waals surface area contributed by atoms with Crippen LogP contribution in [0.2, 0.25) is 0 Å². The van der Waals surface area contributed by atoms with Crippen molar-refractivity contribution < 1.29 is 4.79 Å². The molecule has 3 aliphatic carbocycles. The minimum atomic E-state index is 0.120. The van der Waals surface area contributed by atoms with E-state index in [1.54, 1.807) is 0 Å². The first-order valence-electron chi connectivity index (χ1n) is 14.1. The highest BCUT2D eigenvalue weighted by atomic mass is 79.9. The number of hydrogen-bond acceptors (Lipinski definition) is 1. The van der Waals surface area contributed by atoms with E-state index < -0.39 is 0 Å². The van der Waals surface area contributed by atoms with Gasteiger partial charge in [-0.1, -0.05) is 113 Å². The third-order valence-electron chi connectivity index (χ3n) is 9.16. The van der Waals surface area contributed by atoms with Gasteiger partial charge in [-0.2, -0.15) is 0 Å². The van der Waals surface area contributed by atoms with Crippen LogP contribution in [0.1, 0.15) is 38.2 Å². The number of carbonyl (C=O) groups excluding carboxylic acids is 1. The van der Waals surface area contributed by atoms with Crippen LogP contribution in [0.5, 0.6) is 0 Å². The van der Waals surface area contributed by atoms with Crippen molar-refractivity contribution in [2.75, 3.05) is 0 Å². The molecule has 0 heterocycles. The summed E-state index contributed by atoms with van der Waals surface area (Å²) in [5.74, 6) is 0.120. The second kappa shape index (κ2) is 8.49. The molecule has 3 aliphatic rings. The van der Waals surface area contributed by atoms with Crippen LogP contribution in [0.15, 0.2) is 120 Å². The number of ketones is 1. The van der Waals surface area contributed by atoms with Crippen LogP contribution in [-0.4, -0.2) is 5.78 Å². The largest absolute Gasteiger partial charge is 0.289 e. The smallest absolute Gasteiger partial charge is 0.194 e. The maximum Gasteiger partial charge on any atom is 0.194 e. The maximum atomic E-state index is 13.5. The predicted octanol–water partition coefficient (Wildman–Crippen LogP) is 10.1. The van der Waals surface area contributed by atoms with Gasteiger partial charge in [-0.05, 0) is 109 Å². The van der Waals surface area contributed by atoms with Crippen molar-refractivity contribution in [2.45, 2.75) is 12.8 Å². The van der Waals surface area contributed by atoms with Gasteiger partial charge < -0.3 is 0 Å². The molecule has 0 spiro atoms. The summed E-state index contributed by atoms with van der Waals surface area (Å²) in [6, 6.07) is 41.3. The van der Waals surface area contributed by atoms with E-state index in [9.17, 15) is 4.79 Å². The minimum Gasteiger partial charge on any atom is -0.289 e. The summed E-state index contributed by atoms with van der Waals surface area (Å²) in [6.07, 6.45) is 1.83. The lowest BCUT2D eigenvalue weighted by Crippen LogP contribution is -1.97. The van der Waals surface area contributed by atoms with Crippen LogP contribution < -0.4 is 0 Å². The van der Waals surface area contributed by atoms with E-state index in [0.717, 1.165) is 45.1 Å². The summed E-state index contributed by atoms with van der Waals surface area (Å²) in [6.45, 7) is 0.